The summed E-state index contributed by atoms with van der Waals surface area (Å²) < 4.78 is 32.7. The van der Waals surface area contributed by atoms with Crippen molar-refractivity contribution in [3.05, 3.63) is 35.9 Å². The van der Waals surface area contributed by atoms with Gasteiger partial charge in [0.2, 0.25) is 0 Å². The summed E-state index contributed by atoms with van der Waals surface area (Å²) in [7, 11) is -4.40. The first-order chi connectivity index (χ1) is 11.3. The minimum absolute atomic E-state index is 0.0217. The largest absolute Gasteiger partial charge is 0.507 e. The van der Waals surface area contributed by atoms with Crippen LogP contribution in [0.4, 0.5) is 0 Å². The number of aromatic hydroxyl groups is 1. The van der Waals surface area contributed by atoms with E-state index in [1.54, 1.807) is 18.2 Å². The van der Waals surface area contributed by atoms with Gasteiger partial charge in [-0.3, -0.25) is 4.55 Å². The van der Waals surface area contributed by atoms with Gasteiger partial charge >= 0.3 is 0 Å². The number of nitrogens with one attached hydrogen (secondary N) is 1. The maximum absolute atomic E-state index is 11.6. The van der Waals surface area contributed by atoms with E-state index in [9.17, 15) is 18.1 Å². The zero-order valence-electron chi connectivity index (χ0n) is 13.2. The second kappa shape index (κ2) is 5.88. The molecule has 0 bridgehead atoms. The van der Waals surface area contributed by atoms with Crippen LogP contribution in [0.5, 0.6) is 5.75 Å². The van der Waals surface area contributed by atoms with Crippen LogP contribution in [-0.2, 0) is 16.5 Å². The molecule has 1 aromatic heterocycles. The van der Waals surface area contributed by atoms with Crippen molar-refractivity contribution in [2.75, 3.05) is 0 Å². The van der Waals surface area contributed by atoms with Gasteiger partial charge in [0.05, 0.1) is 4.90 Å². The molecule has 0 spiro atoms. The summed E-state index contributed by atoms with van der Waals surface area (Å²) in [6.45, 7) is 3.91. The Balaban J connectivity index is 2.32. The van der Waals surface area contributed by atoms with Gasteiger partial charge in [0.15, 0.2) is 0 Å². The summed E-state index contributed by atoms with van der Waals surface area (Å²) in [5.74, 6) is 0.176. The third-order valence-electron chi connectivity index (χ3n) is 3.73. The Bertz CT molecular complexity index is 1010. The molecular formula is C16H17N3O4S. The summed E-state index contributed by atoms with van der Waals surface area (Å²) in [4.78, 5) is -0.258. The molecule has 0 atom stereocenters. The number of aromatic nitrogens is 3. The van der Waals surface area contributed by atoms with Gasteiger partial charge in [0.1, 0.15) is 16.8 Å². The fraction of sp³-hybridized carbons (Fsp3) is 0.250. The number of hydrogen-bond donors (Lipinski definition) is 3. The van der Waals surface area contributed by atoms with Gasteiger partial charge in [-0.25, -0.2) is 0 Å². The quantitative estimate of drug-likeness (QED) is 0.625. The van der Waals surface area contributed by atoms with E-state index in [1.165, 1.54) is 12.1 Å². The first kappa shape index (κ1) is 16.4. The van der Waals surface area contributed by atoms with Gasteiger partial charge in [0, 0.05) is 11.1 Å². The normalized spacial score (nSPS) is 12.2. The summed E-state index contributed by atoms with van der Waals surface area (Å²) >= 11 is 0. The third-order valence-corrected chi connectivity index (χ3v) is 4.56. The van der Waals surface area contributed by atoms with Crippen LogP contribution in [0.15, 0.2) is 35.2 Å². The molecule has 1 heterocycles. The van der Waals surface area contributed by atoms with Crippen LogP contribution in [0.25, 0.3) is 22.2 Å². The van der Waals surface area contributed by atoms with E-state index in [0.717, 1.165) is 0 Å². The number of benzene rings is 2. The molecule has 0 fully saturated rings. The van der Waals surface area contributed by atoms with E-state index in [0.29, 0.717) is 34.1 Å². The molecule has 0 aliphatic heterocycles. The Labute approximate surface area is 139 Å². The molecule has 7 nitrogen and oxygen atoms in total. The lowest BCUT2D eigenvalue weighted by Crippen LogP contribution is -2.03. The van der Waals surface area contributed by atoms with Crippen molar-refractivity contribution in [1.29, 1.82) is 0 Å². The molecule has 3 aromatic rings. The van der Waals surface area contributed by atoms with Crippen molar-refractivity contribution in [3.8, 4) is 16.9 Å². The molecular weight excluding hydrogens is 330 g/mol. The molecule has 24 heavy (non-hydrogen) atoms. The highest BCUT2D eigenvalue weighted by molar-refractivity contribution is 7.85. The lowest BCUT2D eigenvalue weighted by Gasteiger charge is -2.14. The highest BCUT2D eigenvalue weighted by Gasteiger charge is 2.20. The Morgan fingerprint density at radius 2 is 1.92 bits per heavy atom. The standard InChI is InChI=1S/C16H17N3O4S/c1-9(2)6-10-7-11(24(21,22)23)8-13(16(10)20)12-4-3-5-14-15(12)18-19-17-14/h3-5,7-9,20H,6H2,1-2H3,(H,17,18,19)(H,21,22,23). The summed E-state index contributed by atoms with van der Waals surface area (Å²) in [6, 6.07) is 7.75. The molecule has 0 unspecified atom stereocenters. The molecule has 0 saturated carbocycles. The zero-order chi connectivity index (χ0) is 17.5. The number of para-hydroxylation sites is 1. The summed E-state index contributed by atoms with van der Waals surface area (Å²) in [5, 5.41) is 21.2. The van der Waals surface area contributed by atoms with Crippen LogP contribution < -0.4 is 0 Å². The number of nitrogens with zero attached hydrogens (tertiary/aromatic N) is 2. The molecule has 0 amide bonds. The van der Waals surface area contributed by atoms with E-state index in [2.05, 4.69) is 15.4 Å². The van der Waals surface area contributed by atoms with Gasteiger partial charge in [0.25, 0.3) is 10.1 Å². The van der Waals surface area contributed by atoms with Crippen LogP contribution in [0.1, 0.15) is 19.4 Å². The van der Waals surface area contributed by atoms with Crippen molar-refractivity contribution in [1.82, 2.24) is 15.4 Å². The van der Waals surface area contributed by atoms with Crippen molar-refractivity contribution >= 4 is 21.2 Å². The molecule has 8 heteroatoms. The molecule has 3 rings (SSSR count). The molecule has 126 valence electrons. The number of H-pyrrole nitrogens is 1. The smallest absolute Gasteiger partial charge is 0.294 e. The van der Waals surface area contributed by atoms with Gasteiger partial charge in [-0.05, 0) is 36.1 Å². The maximum Gasteiger partial charge on any atom is 0.294 e. The Hall–Kier alpha value is -2.45. The van der Waals surface area contributed by atoms with E-state index in [-0.39, 0.29) is 16.6 Å². The predicted molar refractivity (Wildman–Crippen MR) is 89.3 cm³/mol. The zero-order valence-corrected chi connectivity index (χ0v) is 14.0. The van der Waals surface area contributed by atoms with Crippen molar-refractivity contribution < 1.29 is 18.1 Å². The van der Waals surface area contributed by atoms with E-state index >= 15 is 0 Å². The first-order valence-corrected chi connectivity index (χ1v) is 8.84. The van der Waals surface area contributed by atoms with E-state index in [1.807, 2.05) is 13.8 Å². The monoisotopic (exact) mass is 347 g/mol. The predicted octanol–water partition coefficient (Wildman–Crippen LogP) is 2.78. The Morgan fingerprint density at radius 3 is 2.58 bits per heavy atom. The number of fused-ring (bicyclic) bond motifs is 1. The van der Waals surface area contributed by atoms with Crippen molar-refractivity contribution in [2.45, 2.75) is 25.2 Å². The number of phenolic OH excluding ortho intramolecular Hbond substituents is 1. The molecule has 0 aliphatic rings. The van der Waals surface area contributed by atoms with Crippen LogP contribution in [0.3, 0.4) is 0 Å². The summed E-state index contributed by atoms with van der Waals surface area (Å²) in [6.07, 6.45) is 0.469. The SMILES string of the molecule is CC(C)Cc1cc(S(=O)(=O)O)cc(-c2cccc3n[nH]nc23)c1O. The molecule has 0 radical (unpaired) electrons. The maximum atomic E-state index is 11.6. The van der Waals surface area contributed by atoms with E-state index < -0.39 is 10.1 Å². The fourth-order valence-corrected chi connectivity index (χ4v) is 3.26. The van der Waals surface area contributed by atoms with Gasteiger partial charge in [-0.15, -0.1) is 0 Å². The Morgan fingerprint density at radius 1 is 1.17 bits per heavy atom. The highest BCUT2D eigenvalue weighted by Crippen LogP contribution is 2.38. The lowest BCUT2D eigenvalue weighted by atomic mass is 9.95. The van der Waals surface area contributed by atoms with Crippen molar-refractivity contribution in [3.63, 3.8) is 0 Å². The van der Waals surface area contributed by atoms with E-state index in [4.69, 9.17) is 0 Å². The molecule has 0 aliphatic carbocycles. The van der Waals surface area contributed by atoms with Crippen LogP contribution in [-0.4, -0.2) is 33.5 Å². The highest BCUT2D eigenvalue weighted by atomic mass is 32.2. The molecule has 0 saturated heterocycles. The second-order valence-corrected chi connectivity index (χ2v) is 7.47. The number of rotatable bonds is 4. The van der Waals surface area contributed by atoms with Crippen LogP contribution in [0.2, 0.25) is 0 Å². The summed E-state index contributed by atoms with van der Waals surface area (Å²) in [5.41, 5.74) is 2.38. The first-order valence-electron chi connectivity index (χ1n) is 7.40. The average Bonchev–Trinajstić information content (AvgIpc) is 2.96. The van der Waals surface area contributed by atoms with Crippen LogP contribution >= 0.6 is 0 Å². The van der Waals surface area contributed by atoms with Crippen molar-refractivity contribution in [2.24, 2.45) is 5.92 Å². The average molecular weight is 347 g/mol. The minimum Gasteiger partial charge on any atom is -0.507 e. The minimum atomic E-state index is -4.40. The fourth-order valence-electron chi connectivity index (χ4n) is 2.70. The molecule has 2 aromatic carbocycles. The topological polar surface area (TPSA) is 116 Å². The van der Waals surface area contributed by atoms with Gasteiger partial charge in [-0.1, -0.05) is 26.0 Å². The van der Waals surface area contributed by atoms with Gasteiger partial charge in [-0.2, -0.15) is 23.8 Å². The number of aromatic amines is 1. The van der Waals surface area contributed by atoms with Gasteiger partial charge < -0.3 is 5.11 Å². The second-order valence-electron chi connectivity index (χ2n) is 6.05. The number of phenols is 1. The number of hydrogen-bond acceptors (Lipinski definition) is 5. The van der Waals surface area contributed by atoms with Crippen LogP contribution in [0, 0.1) is 5.92 Å². The molecule has 3 N–H and O–H groups in total. The lowest BCUT2D eigenvalue weighted by molar-refractivity contribution is 0.462. The Kier molecular flexibility index (Phi) is 4.02. The third kappa shape index (κ3) is 2.98.